The predicted octanol–water partition coefficient (Wildman–Crippen LogP) is 3.56. The average Bonchev–Trinajstić information content (AvgIpc) is 3.14. The van der Waals surface area contributed by atoms with E-state index in [-0.39, 0.29) is 18.2 Å². The van der Waals surface area contributed by atoms with Crippen molar-refractivity contribution in [3.63, 3.8) is 0 Å². The Labute approximate surface area is 154 Å². The van der Waals surface area contributed by atoms with Crippen molar-refractivity contribution >= 4 is 17.5 Å². The Kier molecular flexibility index (Phi) is 6.57. The Bertz CT molecular complexity index is 589. The maximum atomic E-state index is 12.6. The lowest BCUT2D eigenvalue weighted by molar-refractivity contribution is -0.150. The van der Waals surface area contributed by atoms with Gasteiger partial charge in [-0.1, -0.05) is 11.6 Å². The highest BCUT2D eigenvalue weighted by Crippen LogP contribution is 2.25. The number of amides is 1. The van der Waals surface area contributed by atoms with E-state index in [4.69, 9.17) is 25.8 Å². The molecule has 2 heterocycles. The second-order valence-electron chi connectivity index (χ2n) is 6.62. The van der Waals surface area contributed by atoms with Crippen molar-refractivity contribution in [3.05, 3.63) is 28.8 Å². The Morgan fingerprint density at radius 1 is 1.32 bits per heavy atom. The van der Waals surface area contributed by atoms with Gasteiger partial charge in [0.05, 0.1) is 25.9 Å². The van der Waals surface area contributed by atoms with Gasteiger partial charge in [0.2, 0.25) is 5.91 Å². The molecule has 2 aliphatic heterocycles. The van der Waals surface area contributed by atoms with Gasteiger partial charge in [0.25, 0.3) is 0 Å². The van der Waals surface area contributed by atoms with E-state index >= 15 is 0 Å². The first-order valence-electron chi connectivity index (χ1n) is 9.07. The largest absolute Gasteiger partial charge is 0.493 e. The van der Waals surface area contributed by atoms with Gasteiger partial charge >= 0.3 is 0 Å². The molecular formula is C19H26ClNO4. The van der Waals surface area contributed by atoms with Crippen molar-refractivity contribution in [2.75, 3.05) is 26.4 Å². The number of piperidine rings is 1. The highest BCUT2D eigenvalue weighted by atomic mass is 35.5. The number of rotatable bonds is 6. The highest BCUT2D eigenvalue weighted by molar-refractivity contribution is 6.30. The number of halogens is 1. The second-order valence-corrected chi connectivity index (χ2v) is 7.06. The zero-order chi connectivity index (χ0) is 17.6. The highest BCUT2D eigenvalue weighted by Gasteiger charge is 2.35. The summed E-state index contributed by atoms with van der Waals surface area (Å²) in [6.07, 6.45) is 4.05. The lowest BCUT2D eigenvalue weighted by Crippen LogP contribution is -2.50. The number of nitrogens with zero attached hydrogens (tertiary/aromatic N) is 1. The SMILES string of the molecule is Cc1cc(Cl)ccc1OCCCC(=O)N1CCCCC1C1OCCO1. The van der Waals surface area contributed by atoms with Crippen molar-refractivity contribution in [2.45, 2.75) is 51.4 Å². The molecule has 0 aromatic heterocycles. The van der Waals surface area contributed by atoms with Crippen LogP contribution in [-0.4, -0.2) is 49.5 Å². The van der Waals surface area contributed by atoms with Gasteiger partial charge < -0.3 is 19.1 Å². The van der Waals surface area contributed by atoms with E-state index in [2.05, 4.69) is 0 Å². The third kappa shape index (κ3) is 4.87. The van der Waals surface area contributed by atoms with Crippen molar-refractivity contribution < 1.29 is 19.0 Å². The molecule has 1 aromatic carbocycles. The number of carbonyl (C=O) groups excluding carboxylic acids is 1. The Hall–Kier alpha value is -1.30. The first kappa shape index (κ1) is 18.5. The van der Waals surface area contributed by atoms with Crippen LogP contribution in [0.1, 0.15) is 37.7 Å². The zero-order valence-corrected chi connectivity index (χ0v) is 15.5. The van der Waals surface area contributed by atoms with Crippen LogP contribution >= 0.6 is 11.6 Å². The molecule has 1 atom stereocenters. The minimum absolute atomic E-state index is 0.0585. The maximum Gasteiger partial charge on any atom is 0.223 e. The molecule has 2 saturated heterocycles. The minimum Gasteiger partial charge on any atom is -0.493 e. The van der Waals surface area contributed by atoms with Gasteiger partial charge in [-0.3, -0.25) is 4.79 Å². The van der Waals surface area contributed by atoms with Gasteiger partial charge in [-0.25, -0.2) is 0 Å². The number of likely N-dealkylation sites (tertiary alicyclic amines) is 1. The van der Waals surface area contributed by atoms with Gasteiger partial charge in [0.15, 0.2) is 6.29 Å². The van der Waals surface area contributed by atoms with E-state index in [1.54, 1.807) is 0 Å². The summed E-state index contributed by atoms with van der Waals surface area (Å²) in [6, 6.07) is 5.62. The molecule has 6 heteroatoms. The lowest BCUT2D eigenvalue weighted by atomic mass is 10.0. The van der Waals surface area contributed by atoms with E-state index in [1.807, 2.05) is 30.0 Å². The van der Waals surface area contributed by atoms with Crippen molar-refractivity contribution in [1.82, 2.24) is 4.90 Å². The van der Waals surface area contributed by atoms with Crippen molar-refractivity contribution in [3.8, 4) is 5.75 Å². The normalized spacial score (nSPS) is 21.5. The molecule has 2 fully saturated rings. The van der Waals surface area contributed by atoms with Crippen molar-refractivity contribution in [1.29, 1.82) is 0 Å². The van der Waals surface area contributed by atoms with E-state index in [0.717, 1.165) is 37.1 Å². The zero-order valence-electron chi connectivity index (χ0n) is 14.7. The molecule has 0 saturated carbocycles. The molecule has 0 spiro atoms. The number of benzene rings is 1. The third-order valence-corrected chi connectivity index (χ3v) is 5.00. The summed E-state index contributed by atoms with van der Waals surface area (Å²) in [6.45, 7) is 4.52. The average molecular weight is 368 g/mol. The Morgan fingerprint density at radius 2 is 2.12 bits per heavy atom. The number of hydrogen-bond donors (Lipinski definition) is 0. The third-order valence-electron chi connectivity index (χ3n) is 4.76. The molecule has 0 bridgehead atoms. The van der Waals surface area contributed by atoms with Gasteiger partial charge in [-0.05, 0) is 56.4 Å². The van der Waals surface area contributed by atoms with E-state index in [0.29, 0.717) is 37.7 Å². The molecule has 1 unspecified atom stereocenters. The van der Waals surface area contributed by atoms with E-state index in [1.165, 1.54) is 0 Å². The molecule has 1 aromatic rings. The Morgan fingerprint density at radius 3 is 2.88 bits per heavy atom. The number of carbonyl (C=O) groups is 1. The first-order chi connectivity index (χ1) is 12.1. The van der Waals surface area contributed by atoms with Gasteiger partial charge in [-0.15, -0.1) is 0 Å². The van der Waals surface area contributed by atoms with Gasteiger partial charge in [0.1, 0.15) is 5.75 Å². The number of aryl methyl sites for hydroxylation is 1. The van der Waals surface area contributed by atoms with Gasteiger partial charge in [-0.2, -0.15) is 0 Å². The quantitative estimate of drug-likeness (QED) is 0.721. The molecule has 3 rings (SSSR count). The van der Waals surface area contributed by atoms with Crippen LogP contribution in [-0.2, 0) is 14.3 Å². The number of hydrogen-bond acceptors (Lipinski definition) is 4. The molecule has 0 radical (unpaired) electrons. The molecule has 1 amide bonds. The fourth-order valence-electron chi connectivity index (χ4n) is 3.47. The summed E-state index contributed by atoms with van der Waals surface area (Å²) >= 11 is 5.95. The van der Waals surface area contributed by atoms with Crippen LogP contribution < -0.4 is 4.74 Å². The van der Waals surface area contributed by atoms with Gasteiger partial charge in [0, 0.05) is 18.0 Å². The molecule has 0 N–H and O–H groups in total. The smallest absolute Gasteiger partial charge is 0.223 e. The standard InChI is InChI=1S/C19H26ClNO4/c1-14-13-15(20)7-8-17(14)23-10-4-6-18(22)21-9-3-2-5-16(21)19-24-11-12-25-19/h7-8,13,16,19H,2-6,9-12H2,1H3. The molecule has 0 aliphatic carbocycles. The number of ether oxygens (including phenoxy) is 3. The van der Waals surface area contributed by atoms with Crippen LogP contribution in [0.3, 0.4) is 0 Å². The second kappa shape index (κ2) is 8.88. The topological polar surface area (TPSA) is 48.0 Å². The summed E-state index contributed by atoms with van der Waals surface area (Å²) < 4.78 is 17.0. The first-order valence-corrected chi connectivity index (χ1v) is 9.44. The maximum absolute atomic E-state index is 12.6. The van der Waals surface area contributed by atoms with Crippen molar-refractivity contribution in [2.24, 2.45) is 0 Å². The van der Waals surface area contributed by atoms with E-state index in [9.17, 15) is 4.79 Å². The van der Waals surface area contributed by atoms with E-state index < -0.39 is 0 Å². The summed E-state index contributed by atoms with van der Waals surface area (Å²) in [7, 11) is 0. The summed E-state index contributed by atoms with van der Waals surface area (Å²) in [5.74, 6) is 0.987. The molecular weight excluding hydrogens is 342 g/mol. The molecule has 25 heavy (non-hydrogen) atoms. The molecule has 138 valence electrons. The van der Waals surface area contributed by atoms with Crippen LogP contribution in [0.25, 0.3) is 0 Å². The fourth-order valence-corrected chi connectivity index (χ4v) is 3.70. The van der Waals surface area contributed by atoms with Crippen LogP contribution in [0.2, 0.25) is 5.02 Å². The summed E-state index contributed by atoms with van der Waals surface area (Å²) in [4.78, 5) is 14.6. The van der Waals surface area contributed by atoms with Crippen LogP contribution in [0.15, 0.2) is 18.2 Å². The summed E-state index contributed by atoms with van der Waals surface area (Å²) in [5.41, 5.74) is 1.01. The fraction of sp³-hybridized carbons (Fsp3) is 0.632. The summed E-state index contributed by atoms with van der Waals surface area (Å²) in [5, 5.41) is 0.701. The lowest BCUT2D eigenvalue weighted by Gasteiger charge is -2.38. The monoisotopic (exact) mass is 367 g/mol. The molecule has 2 aliphatic rings. The molecule has 5 nitrogen and oxygen atoms in total. The minimum atomic E-state index is -0.253. The van der Waals surface area contributed by atoms with Crippen LogP contribution in [0.4, 0.5) is 0 Å². The predicted molar refractivity (Wildman–Crippen MR) is 96.0 cm³/mol. The Balaban J connectivity index is 1.46. The van der Waals surface area contributed by atoms with Crippen LogP contribution in [0.5, 0.6) is 5.75 Å². The van der Waals surface area contributed by atoms with Crippen LogP contribution in [0, 0.1) is 6.92 Å².